The van der Waals surface area contributed by atoms with Gasteiger partial charge in [-0.3, -0.25) is 4.99 Å². The predicted molar refractivity (Wildman–Crippen MR) is 109 cm³/mol. The number of aromatic hydroxyl groups is 1. The summed E-state index contributed by atoms with van der Waals surface area (Å²) in [5.74, 6) is 3.20. The zero-order valence-electron chi connectivity index (χ0n) is 16.8. The highest BCUT2D eigenvalue weighted by atomic mass is 16.5. The second-order valence-corrected chi connectivity index (χ2v) is 6.54. The van der Waals surface area contributed by atoms with Crippen molar-refractivity contribution in [3.8, 4) is 23.0 Å². The van der Waals surface area contributed by atoms with Crippen molar-refractivity contribution in [2.75, 3.05) is 34.9 Å². The summed E-state index contributed by atoms with van der Waals surface area (Å²) in [6, 6.07) is 9.27. The fourth-order valence-electron chi connectivity index (χ4n) is 3.40. The minimum atomic E-state index is 0.226. The lowest BCUT2D eigenvalue weighted by molar-refractivity contribution is 0.345. The smallest absolute Gasteiger partial charge is 0.194 e. The van der Waals surface area contributed by atoms with Crippen molar-refractivity contribution in [1.29, 1.82) is 0 Å². The van der Waals surface area contributed by atoms with Crippen LogP contribution in [0.4, 0.5) is 0 Å². The summed E-state index contributed by atoms with van der Waals surface area (Å²) in [5, 5.41) is 13.4. The first-order valence-electron chi connectivity index (χ1n) is 9.14. The Hall–Kier alpha value is -3.09. The van der Waals surface area contributed by atoms with Crippen LogP contribution >= 0.6 is 0 Å². The van der Waals surface area contributed by atoms with Crippen LogP contribution < -0.4 is 19.5 Å². The van der Waals surface area contributed by atoms with Gasteiger partial charge in [-0.25, -0.2) is 0 Å². The molecule has 0 aliphatic carbocycles. The number of nitrogens with one attached hydrogen (secondary N) is 1. The molecule has 0 spiro atoms. The molecule has 1 aliphatic rings. The molecule has 0 unspecified atom stereocenters. The van der Waals surface area contributed by atoms with Gasteiger partial charge >= 0.3 is 0 Å². The molecule has 7 heteroatoms. The number of methoxy groups -OCH3 is 3. The molecule has 0 atom stereocenters. The Balaban J connectivity index is 1.73. The summed E-state index contributed by atoms with van der Waals surface area (Å²) in [6.07, 6.45) is 0.890. The minimum Gasteiger partial charge on any atom is -0.508 e. The zero-order chi connectivity index (χ0) is 20.1. The van der Waals surface area contributed by atoms with Gasteiger partial charge in [0.15, 0.2) is 17.5 Å². The van der Waals surface area contributed by atoms with E-state index in [1.807, 2.05) is 12.1 Å². The molecule has 7 nitrogen and oxygen atoms in total. The Morgan fingerprint density at radius 3 is 2.43 bits per heavy atom. The minimum absolute atomic E-state index is 0.226. The van der Waals surface area contributed by atoms with E-state index in [2.05, 4.69) is 21.3 Å². The molecule has 1 aliphatic heterocycles. The Kier molecular flexibility index (Phi) is 6.13. The molecular weight excluding hydrogens is 358 g/mol. The summed E-state index contributed by atoms with van der Waals surface area (Å²) >= 11 is 0. The Labute approximate surface area is 165 Å². The number of phenolic OH excluding ortho intramolecular Hbond substituents is 1. The molecule has 0 saturated heterocycles. The Bertz CT molecular complexity index is 867. The van der Waals surface area contributed by atoms with Crippen LogP contribution in [0.5, 0.6) is 23.0 Å². The standard InChI is InChI=1S/C21H27N3O4/c1-22-21(23-12-15-9-17(26-2)5-6-18(15)25)24-8-7-14-10-19(27-3)20(28-4)11-16(14)13-24/h5-6,9-11,25H,7-8,12-13H2,1-4H3,(H,22,23). The lowest BCUT2D eigenvalue weighted by Gasteiger charge is -2.32. The summed E-state index contributed by atoms with van der Waals surface area (Å²) in [4.78, 5) is 6.60. The van der Waals surface area contributed by atoms with Crippen molar-refractivity contribution in [2.45, 2.75) is 19.5 Å². The molecule has 28 heavy (non-hydrogen) atoms. The van der Waals surface area contributed by atoms with E-state index in [4.69, 9.17) is 14.2 Å². The van der Waals surface area contributed by atoms with E-state index in [1.54, 1.807) is 40.5 Å². The van der Waals surface area contributed by atoms with Gasteiger partial charge in [-0.2, -0.15) is 0 Å². The third-order valence-electron chi connectivity index (χ3n) is 4.95. The summed E-state index contributed by atoms with van der Waals surface area (Å²) in [5.41, 5.74) is 3.20. The zero-order valence-corrected chi connectivity index (χ0v) is 16.8. The van der Waals surface area contributed by atoms with Gasteiger partial charge in [0.2, 0.25) is 0 Å². The van der Waals surface area contributed by atoms with E-state index < -0.39 is 0 Å². The average Bonchev–Trinajstić information content (AvgIpc) is 2.74. The number of nitrogens with zero attached hydrogens (tertiary/aromatic N) is 2. The highest BCUT2D eigenvalue weighted by molar-refractivity contribution is 5.80. The second kappa shape index (κ2) is 8.73. The fourth-order valence-corrected chi connectivity index (χ4v) is 3.40. The third-order valence-corrected chi connectivity index (χ3v) is 4.95. The first-order valence-corrected chi connectivity index (χ1v) is 9.14. The first-order chi connectivity index (χ1) is 13.6. The molecule has 2 N–H and O–H groups in total. The second-order valence-electron chi connectivity index (χ2n) is 6.54. The molecule has 2 aromatic rings. The lowest BCUT2D eigenvalue weighted by Crippen LogP contribution is -2.43. The van der Waals surface area contributed by atoms with Crippen LogP contribution in [0.2, 0.25) is 0 Å². The first kappa shape index (κ1) is 19.7. The number of hydrogen-bond donors (Lipinski definition) is 2. The number of benzene rings is 2. The number of fused-ring (bicyclic) bond motifs is 1. The molecule has 0 fully saturated rings. The van der Waals surface area contributed by atoms with Gasteiger partial charge in [0.1, 0.15) is 11.5 Å². The van der Waals surface area contributed by atoms with Gasteiger partial charge in [-0.1, -0.05) is 0 Å². The summed E-state index contributed by atoms with van der Waals surface area (Å²) < 4.78 is 16.1. The lowest BCUT2D eigenvalue weighted by atomic mass is 9.99. The molecule has 150 valence electrons. The SMILES string of the molecule is CN=C(NCc1cc(OC)ccc1O)N1CCc2cc(OC)c(OC)cc2C1. The average molecular weight is 385 g/mol. The van der Waals surface area contributed by atoms with Crippen LogP contribution in [-0.4, -0.2) is 50.9 Å². The van der Waals surface area contributed by atoms with Crippen LogP contribution in [0.25, 0.3) is 0 Å². The van der Waals surface area contributed by atoms with E-state index in [0.29, 0.717) is 12.3 Å². The van der Waals surface area contributed by atoms with E-state index in [-0.39, 0.29) is 5.75 Å². The number of rotatable bonds is 5. The van der Waals surface area contributed by atoms with Crippen molar-refractivity contribution in [3.63, 3.8) is 0 Å². The van der Waals surface area contributed by atoms with Crippen molar-refractivity contribution >= 4 is 5.96 Å². The van der Waals surface area contributed by atoms with Gasteiger partial charge < -0.3 is 29.5 Å². The van der Waals surface area contributed by atoms with Crippen LogP contribution in [0.1, 0.15) is 16.7 Å². The van der Waals surface area contributed by atoms with Crippen LogP contribution in [0, 0.1) is 0 Å². The summed E-state index contributed by atoms with van der Waals surface area (Å²) in [6.45, 7) is 2.01. The molecule has 0 saturated carbocycles. The quantitative estimate of drug-likeness (QED) is 0.609. The van der Waals surface area contributed by atoms with E-state index in [0.717, 1.165) is 42.5 Å². The Morgan fingerprint density at radius 1 is 1.07 bits per heavy atom. The highest BCUT2D eigenvalue weighted by Gasteiger charge is 2.21. The van der Waals surface area contributed by atoms with Crippen molar-refractivity contribution in [2.24, 2.45) is 4.99 Å². The van der Waals surface area contributed by atoms with Crippen LogP contribution in [-0.2, 0) is 19.5 Å². The number of guanidine groups is 1. The van der Waals surface area contributed by atoms with Gasteiger partial charge in [0.25, 0.3) is 0 Å². The van der Waals surface area contributed by atoms with Gasteiger partial charge in [-0.15, -0.1) is 0 Å². The maximum absolute atomic E-state index is 10.1. The van der Waals surface area contributed by atoms with Gasteiger partial charge in [0.05, 0.1) is 21.3 Å². The van der Waals surface area contributed by atoms with Crippen LogP contribution in [0.3, 0.4) is 0 Å². The van der Waals surface area contributed by atoms with E-state index in [1.165, 1.54) is 11.1 Å². The van der Waals surface area contributed by atoms with Gasteiger partial charge in [-0.05, 0) is 47.9 Å². The number of phenols is 1. The maximum atomic E-state index is 10.1. The highest BCUT2D eigenvalue weighted by Crippen LogP contribution is 2.33. The van der Waals surface area contributed by atoms with E-state index >= 15 is 0 Å². The fraction of sp³-hybridized carbons (Fsp3) is 0.381. The predicted octanol–water partition coefficient (Wildman–Crippen LogP) is 2.55. The maximum Gasteiger partial charge on any atom is 0.194 e. The van der Waals surface area contributed by atoms with Crippen molar-refractivity contribution in [1.82, 2.24) is 10.2 Å². The molecule has 0 aromatic heterocycles. The molecule has 3 rings (SSSR count). The largest absolute Gasteiger partial charge is 0.508 e. The normalized spacial score (nSPS) is 13.7. The molecule has 0 amide bonds. The topological polar surface area (TPSA) is 75.6 Å². The molecular formula is C21H27N3O4. The molecule has 0 bridgehead atoms. The molecule has 0 radical (unpaired) electrons. The van der Waals surface area contributed by atoms with E-state index in [9.17, 15) is 5.11 Å². The monoisotopic (exact) mass is 385 g/mol. The number of ether oxygens (including phenoxy) is 3. The van der Waals surface area contributed by atoms with Gasteiger partial charge in [0, 0.05) is 32.2 Å². The third kappa shape index (κ3) is 4.08. The molecule has 1 heterocycles. The number of aliphatic imine (C=N–C) groups is 1. The van der Waals surface area contributed by atoms with Crippen molar-refractivity contribution < 1.29 is 19.3 Å². The van der Waals surface area contributed by atoms with Crippen LogP contribution in [0.15, 0.2) is 35.3 Å². The number of hydrogen-bond acceptors (Lipinski definition) is 5. The Morgan fingerprint density at radius 2 is 1.79 bits per heavy atom. The molecule has 2 aromatic carbocycles. The summed E-state index contributed by atoms with van der Waals surface area (Å²) in [7, 11) is 6.67. The van der Waals surface area contributed by atoms with Crippen molar-refractivity contribution in [3.05, 3.63) is 47.0 Å².